The van der Waals surface area contributed by atoms with Crippen molar-refractivity contribution in [2.75, 3.05) is 7.11 Å². The van der Waals surface area contributed by atoms with Gasteiger partial charge in [-0.1, -0.05) is 61.5 Å². The van der Waals surface area contributed by atoms with E-state index in [1.807, 2.05) is 18.2 Å². The molecule has 0 spiro atoms. The Hall–Kier alpha value is -3.20. The summed E-state index contributed by atoms with van der Waals surface area (Å²) < 4.78 is 34.1. The molecule has 0 unspecified atom stereocenters. The van der Waals surface area contributed by atoms with Gasteiger partial charge in [0.1, 0.15) is 5.82 Å². The highest BCUT2D eigenvalue weighted by Crippen LogP contribution is 2.33. The van der Waals surface area contributed by atoms with Crippen molar-refractivity contribution in [1.29, 1.82) is 0 Å². The van der Waals surface area contributed by atoms with Crippen molar-refractivity contribution < 1.29 is 13.5 Å². The van der Waals surface area contributed by atoms with Crippen LogP contribution in [-0.4, -0.2) is 7.11 Å². The Labute approximate surface area is 163 Å². The summed E-state index contributed by atoms with van der Waals surface area (Å²) in [7, 11) is 1.40. The summed E-state index contributed by atoms with van der Waals surface area (Å²) in [5.74, 6) is -0.719. The Balaban J connectivity index is 1.76. The first kappa shape index (κ1) is 18.2. The molecule has 4 aromatic rings. The molecule has 0 aliphatic carbocycles. The fourth-order valence-electron chi connectivity index (χ4n) is 3.46. The van der Waals surface area contributed by atoms with Crippen LogP contribution < -0.4 is 4.74 Å². The maximum absolute atomic E-state index is 15.1. The lowest BCUT2D eigenvalue weighted by molar-refractivity contribution is 0.386. The summed E-state index contributed by atoms with van der Waals surface area (Å²) in [5, 5.41) is 1.33. The van der Waals surface area contributed by atoms with Crippen molar-refractivity contribution in [2.24, 2.45) is 0 Å². The first-order chi connectivity index (χ1) is 13.6. The number of fused-ring (bicyclic) bond motifs is 1. The van der Waals surface area contributed by atoms with Gasteiger partial charge < -0.3 is 4.74 Å². The fraction of sp³-hybridized carbons (Fsp3) is 0.120. The molecule has 0 saturated carbocycles. The van der Waals surface area contributed by atoms with E-state index in [0.717, 1.165) is 22.9 Å². The average Bonchev–Trinajstić information content (AvgIpc) is 2.74. The van der Waals surface area contributed by atoms with Crippen molar-refractivity contribution in [3.05, 3.63) is 90.0 Å². The summed E-state index contributed by atoms with van der Waals surface area (Å²) in [6.07, 6.45) is 0.998. The highest BCUT2D eigenvalue weighted by atomic mass is 19.1. The van der Waals surface area contributed by atoms with Gasteiger partial charge >= 0.3 is 0 Å². The molecule has 28 heavy (non-hydrogen) atoms. The van der Waals surface area contributed by atoms with Gasteiger partial charge in [-0.3, -0.25) is 0 Å². The third-order valence-electron chi connectivity index (χ3n) is 5.11. The van der Waals surface area contributed by atoms with Crippen molar-refractivity contribution in [3.8, 4) is 28.0 Å². The van der Waals surface area contributed by atoms with Gasteiger partial charge in [0.05, 0.1) is 7.11 Å². The van der Waals surface area contributed by atoms with E-state index in [0.29, 0.717) is 16.5 Å². The fourth-order valence-corrected chi connectivity index (χ4v) is 3.46. The van der Waals surface area contributed by atoms with Gasteiger partial charge in [0, 0.05) is 10.9 Å². The van der Waals surface area contributed by atoms with Crippen LogP contribution in [0.15, 0.2) is 72.8 Å². The predicted octanol–water partition coefficient (Wildman–Crippen LogP) is 7.02. The molecule has 0 fully saturated rings. The molecule has 0 amide bonds. The minimum absolute atomic E-state index is 0.142. The van der Waals surface area contributed by atoms with Gasteiger partial charge in [-0.05, 0) is 52.3 Å². The van der Waals surface area contributed by atoms with Crippen molar-refractivity contribution in [3.63, 3.8) is 0 Å². The zero-order chi connectivity index (χ0) is 19.7. The SMILES string of the molecule is CCc1ccc(-c2ccc3c(F)c(-c4ccc(OC)c(F)c4)ccc3c2)cc1. The average molecular weight is 374 g/mol. The molecule has 0 saturated heterocycles. The van der Waals surface area contributed by atoms with Crippen molar-refractivity contribution >= 4 is 10.8 Å². The summed E-state index contributed by atoms with van der Waals surface area (Å²) in [5.41, 5.74) is 4.27. The number of benzene rings is 4. The minimum Gasteiger partial charge on any atom is -0.494 e. The highest BCUT2D eigenvalue weighted by molar-refractivity contribution is 5.91. The van der Waals surface area contributed by atoms with Crippen LogP contribution in [-0.2, 0) is 6.42 Å². The van der Waals surface area contributed by atoms with Crippen LogP contribution in [0.2, 0.25) is 0 Å². The summed E-state index contributed by atoms with van der Waals surface area (Å²) in [4.78, 5) is 0. The van der Waals surface area contributed by atoms with E-state index >= 15 is 4.39 Å². The number of methoxy groups -OCH3 is 1. The molecule has 0 atom stereocenters. The van der Waals surface area contributed by atoms with Crippen LogP contribution in [0.25, 0.3) is 33.0 Å². The number of hydrogen-bond acceptors (Lipinski definition) is 1. The first-order valence-corrected chi connectivity index (χ1v) is 9.26. The normalized spacial score (nSPS) is 11.0. The topological polar surface area (TPSA) is 9.23 Å². The maximum atomic E-state index is 15.1. The van der Waals surface area contributed by atoms with Gasteiger partial charge in [0.25, 0.3) is 0 Å². The molecule has 0 aliphatic rings. The second kappa shape index (κ2) is 7.43. The van der Waals surface area contributed by atoms with Crippen molar-refractivity contribution in [1.82, 2.24) is 0 Å². The molecule has 1 nitrogen and oxygen atoms in total. The van der Waals surface area contributed by atoms with E-state index in [9.17, 15) is 4.39 Å². The Morgan fingerprint density at radius 2 is 1.46 bits per heavy atom. The van der Waals surface area contributed by atoms with E-state index in [4.69, 9.17) is 4.74 Å². The third kappa shape index (κ3) is 3.24. The molecule has 0 bridgehead atoms. The van der Waals surface area contributed by atoms with Crippen LogP contribution in [0, 0.1) is 11.6 Å². The number of halogens is 2. The number of hydrogen-bond donors (Lipinski definition) is 0. The van der Waals surface area contributed by atoms with Gasteiger partial charge in [0.2, 0.25) is 0 Å². The lowest BCUT2D eigenvalue weighted by Gasteiger charge is -2.10. The van der Waals surface area contributed by atoms with Crippen LogP contribution in [0.5, 0.6) is 5.75 Å². The highest BCUT2D eigenvalue weighted by Gasteiger charge is 2.12. The second-order valence-corrected chi connectivity index (χ2v) is 6.76. The standard InChI is InChI=1S/C25H20F2O/c1-3-16-4-6-17(7-5-16)18-8-11-21-19(14-18)9-12-22(25(21)27)20-10-13-24(28-2)23(26)15-20/h4-15H,3H2,1-2H3. The summed E-state index contributed by atoms with van der Waals surface area (Å²) >= 11 is 0. The van der Waals surface area contributed by atoms with Crippen LogP contribution in [0.4, 0.5) is 8.78 Å². The molecule has 3 heteroatoms. The smallest absolute Gasteiger partial charge is 0.165 e. The number of rotatable bonds is 4. The molecule has 0 N–H and O–H groups in total. The van der Waals surface area contributed by atoms with Gasteiger partial charge in [-0.15, -0.1) is 0 Å². The van der Waals surface area contributed by atoms with Crippen LogP contribution in [0.1, 0.15) is 12.5 Å². The van der Waals surface area contributed by atoms with Crippen LogP contribution >= 0.6 is 0 Å². The zero-order valence-corrected chi connectivity index (χ0v) is 15.8. The summed E-state index contributed by atoms with van der Waals surface area (Å²) in [6.45, 7) is 2.13. The molecular weight excluding hydrogens is 354 g/mol. The lowest BCUT2D eigenvalue weighted by atomic mass is 9.96. The zero-order valence-electron chi connectivity index (χ0n) is 15.8. The number of aryl methyl sites for hydroxylation is 1. The van der Waals surface area contributed by atoms with E-state index in [-0.39, 0.29) is 11.6 Å². The van der Waals surface area contributed by atoms with Gasteiger partial charge in [-0.2, -0.15) is 0 Å². The van der Waals surface area contributed by atoms with Crippen LogP contribution in [0.3, 0.4) is 0 Å². The molecule has 4 aromatic carbocycles. The molecule has 0 aliphatic heterocycles. The molecule has 0 radical (unpaired) electrons. The van der Waals surface area contributed by atoms with E-state index < -0.39 is 5.82 Å². The van der Waals surface area contributed by atoms with Gasteiger partial charge in [-0.25, -0.2) is 8.78 Å². The van der Waals surface area contributed by atoms with E-state index in [2.05, 4.69) is 31.2 Å². The minimum atomic E-state index is -0.509. The molecule has 140 valence electrons. The summed E-state index contributed by atoms with van der Waals surface area (Å²) in [6, 6.07) is 22.1. The monoisotopic (exact) mass is 374 g/mol. The first-order valence-electron chi connectivity index (χ1n) is 9.26. The molecule has 0 aromatic heterocycles. The second-order valence-electron chi connectivity index (χ2n) is 6.76. The number of ether oxygens (including phenoxy) is 1. The molecule has 0 heterocycles. The Morgan fingerprint density at radius 1 is 0.750 bits per heavy atom. The maximum Gasteiger partial charge on any atom is 0.165 e. The molecule has 4 rings (SSSR count). The quantitative estimate of drug-likeness (QED) is 0.373. The van der Waals surface area contributed by atoms with Gasteiger partial charge in [0.15, 0.2) is 11.6 Å². The largest absolute Gasteiger partial charge is 0.494 e. The molecular formula is C25H20F2O. The predicted molar refractivity (Wildman–Crippen MR) is 111 cm³/mol. The lowest BCUT2D eigenvalue weighted by Crippen LogP contribution is -1.91. The Morgan fingerprint density at radius 3 is 2.14 bits per heavy atom. The van der Waals surface area contributed by atoms with E-state index in [1.54, 1.807) is 18.2 Å². The van der Waals surface area contributed by atoms with E-state index in [1.165, 1.54) is 24.8 Å². The Kier molecular flexibility index (Phi) is 4.82. The Bertz CT molecular complexity index is 1150. The van der Waals surface area contributed by atoms with Crippen molar-refractivity contribution in [2.45, 2.75) is 13.3 Å². The third-order valence-corrected chi connectivity index (χ3v) is 5.11.